The third-order valence-corrected chi connectivity index (χ3v) is 5.63. The predicted molar refractivity (Wildman–Crippen MR) is 115 cm³/mol. The third-order valence-electron chi connectivity index (χ3n) is 5.63. The predicted octanol–water partition coefficient (Wildman–Crippen LogP) is 6.06. The molecule has 10 heteroatoms. The van der Waals surface area contributed by atoms with E-state index in [1.165, 1.54) is 11.0 Å². The summed E-state index contributed by atoms with van der Waals surface area (Å²) >= 11 is 0. The van der Waals surface area contributed by atoms with Crippen LogP contribution in [0.4, 0.5) is 26.3 Å². The van der Waals surface area contributed by atoms with E-state index in [1.54, 1.807) is 37.3 Å². The smallest absolute Gasteiger partial charge is 0.416 e. The van der Waals surface area contributed by atoms with Gasteiger partial charge in [-0.25, -0.2) is 4.79 Å². The molecule has 0 radical (unpaired) electrons. The molecule has 0 aliphatic carbocycles. The fourth-order valence-corrected chi connectivity index (χ4v) is 4.02. The molecule has 0 N–H and O–H groups in total. The van der Waals surface area contributed by atoms with Crippen molar-refractivity contribution in [3.8, 4) is 0 Å². The Morgan fingerprint density at radius 1 is 1.00 bits per heavy atom. The number of nitrogens with zero attached hydrogens (tertiary/aromatic N) is 1. The molecule has 35 heavy (non-hydrogen) atoms. The van der Waals surface area contributed by atoms with Gasteiger partial charge in [-0.1, -0.05) is 35.9 Å². The number of hydrogen-bond acceptors (Lipinski definition) is 3. The summed E-state index contributed by atoms with van der Waals surface area (Å²) in [6, 6.07) is 9.26. The fourth-order valence-electron chi connectivity index (χ4n) is 4.02. The molecular weight excluding hydrogens is 476 g/mol. The van der Waals surface area contributed by atoms with Crippen molar-refractivity contribution < 1.29 is 40.7 Å². The normalized spacial score (nSPS) is 18.0. The molecular formula is C25H23F6NO3. The number of halogens is 6. The Bertz CT molecular complexity index is 1060. The van der Waals surface area contributed by atoms with Crippen LogP contribution in [-0.4, -0.2) is 36.0 Å². The number of rotatable bonds is 5. The second-order valence-electron chi connectivity index (χ2n) is 8.15. The van der Waals surface area contributed by atoms with Gasteiger partial charge in [0.15, 0.2) is 0 Å². The molecule has 1 amide bonds. The van der Waals surface area contributed by atoms with Crippen molar-refractivity contribution in [2.75, 3.05) is 13.2 Å². The lowest BCUT2D eigenvalue weighted by Crippen LogP contribution is -2.45. The molecule has 188 valence electrons. The highest BCUT2D eigenvalue weighted by Crippen LogP contribution is 2.37. The van der Waals surface area contributed by atoms with E-state index in [9.17, 15) is 35.9 Å². The molecule has 1 unspecified atom stereocenters. The van der Waals surface area contributed by atoms with Crippen molar-refractivity contribution in [2.45, 2.75) is 44.6 Å². The number of carbonyl (C=O) groups excluding carboxylic acids is 2. The van der Waals surface area contributed by atoms with Gasteiger partial charge in [0, 0.05) is 24.2 Å². The lowest BCUT2D eigenvalue weighted by molar-refractivity contribution is -0.143. The number of likely N-dealkylation sites (tertiary alicyclic amines) is 1. The maximum absolute atomic E-state index is 13.3. The summed E-state index contributed by atoms with van der Waals surface area (Å²) in [4.78, 5) is 26.4. The van der Waals surface area contributed by atoms with Crippen molar-refractivity contribution in [1.29, 1.82) is 0 Å². The van der Waals surface area contributed by atoms with Gasteiger partial charge in [-0.15, -0.1) is 0 Å². The van der Waals surface area contributed by atoms with E-state index in [0.29, 0.717) is 24.1 Å². The molecule has 2 aromatic rings. The monoisotopic (exact) mass is 499 g/mol. The summed E-state index contributed by atoms with van der Waals surface area (Å²) in [6.07, 6.45) is -8.02. The van der Waals surface area contributed by atoms with Crippen LogP contribution in [-0.2, 0) is 28.3 Å². The molecule has 0 saturated carbocycles. The summed E-state index contributed by atoms with van der Waals surface area (Å²) < 4.78 is 84.7. The van der Waals surface area contributed by atoms with Crippen molar-refractivity contribution in [3.05, 3.63) is 82.4 Å². The standard InChI is InChI=1S/C25H23F6NO3/c1-2-35-22(33)12-17-8-9-32(21(11-17)10-16-6-4-3-5-7-16)23(34)18-13-19(24(26,27)28)15-20(14-18)25(29,30)31/h3-7,12-15,21H,2,8-11H2,1H3. The van der Waals surface area contributed by atoms with Crippen LogP contribution in [0.15, 0.2) is 60.2 Å². The molecule has 3 rings (SSSR count). The van der Waals surface area contributed by atoms with Crippen molar-refractivity contribution in [2.24, 2.45) is 0 Å². The Kier molecular flexibility index (Phi) is 7.92. The zero-order valence-corrected chi connectivity index (χ0v) is 18.7. The second-order valence-corrected chi connectivity index (χ2v) is 8.15. The van der Waals surface area contributed by atoms with Crippen LogP contribution in [0.3, 0.4) is 0 Å². The lowest BCUT2D eigenvalue weighted by atomic mass is 9.90. The van der Waals surface area contributed by atoms with Gasteiger partial charge >= 0.3 is 18.3 Å². The third kappa shape index (κ3) is 6.86. The van der Waals surface area contributed by atoms with Gasteiger partial charge in [-0.3, -0.25) is 4.79 Å². The molecule has 1 atom stereocenters. The molecule has 0 spiro atoms. The number of hydrogen-bond donors (Lipinski definition) is 0. The van der Waals surface area contributed by atoms with Gasteiger partial charge in [0.2, 0.25) is 0 Å². The number of alkyl halides is 6. The number of amides is 1. The Balaban J connectivity index is 1.97. The highest BCUT2D eigenvalue weighted by atomic mass is 19.4. The Morgan fingerprint density at radius 2 is 1.60 bits per heavy atom. The Labute approximate surface area is 198 Å². The fraction of sp³-hybridized carbons (Fsp3) is 0.360. The van der Waals surface area contributed by atoms with Crippen LogP contribution in [0.1, 0.15) is 46.8 Å². The maximum Gasteiger partial charge on any atom is 0.416 e. The number of ether oxygens (including phenoxy) is 1. The van der Waals surface area contributed by atoms with Crippen molar-refractivity contribution in [3.63, 3.8) is 0 Å². The molecule has 1 aliphatic rings. The van der Waals surface area contributed by atoms with E-state index >= 15 is 0 Å². The summed E-state index contributed by atoms with van der Waals surface area (Å²) in [5.74, 6) is -1.48. The summed E-state index contributed by atoms with van der Waals surface area (Å²) in [6.45, 7) is 1.86. The zero-order chi connectivity index (χ0) is 25.8. The van der Waals surface area contributed by atoms with Crippen LogP contribution >= 0.6 is 0 Å². The minimum absolute atomic E-state index is 0.00534. The zero-order valence-electron chi connectivity index (χ0n) is 18.7. The van der Waals surface area contributed by atoms with Crippen LogP contribution in [0.5, 0.6) is 0 Å². The Morgan fingerprint density at radius 3 is 2.14 bits per heavy atom. The van der Waals surface area contributed by atoms with Gasteiger partial charge in [0.1, 0.15) is 0 Å². The molecule has 1 saturated heterocycles. The highest BCUT2D eigenvalue weighted by Gasteiger charge is 2.39. The average Bonchev–Trinajstić information content (AvgIpc) is 2.78. The van der Waals surface area contributed by atoms with Gasteiger partial charge in [0.05, 0.1) is 17.7 Å². The maximum atomic E-state index is 13.3. The average molecular weight is 499 g/mol. The topological polar surface area (TPSA) is 46.6 Å². The minimum Gasteiger partial charge on any atom is -0.463 e. The Hall–Kier alpha value is -3.30. The molecule has 2 aromatic carbocycles. The van der Waals surface area contributed by atoms with E-state index in [-0.39, 0.29) is 32.1 Å². The van der Waals surface area contributed by atoms with Crippen LogP contribution in [0, 0.1) is 0 Å². The quantitative estimate of drug-likeness (QED) is 0.285. The number of carbonyl (C=O) groups is 2. The lowest BCUT2D eigenvalue weighted by Gasteiger charge is -2.37. The molecule has 4 nitrogen and oxygen atoms in total. The van der Waals surface area contributed by atoms with E-state index in [4.69, 9.17) is 4.74 Å². The first-order valence-corrected chi connectivity index (χ1v) is 10.9. The van der Waals surface area contributed by atoms with Crippen LogP contribution in [0.25, 0.3) is 0 Å². The summed E-state index contributed by atoms with van der Waals surface area (Å²) in [7, 11) is 0. The largest absolute Gasteiger partial charge is 0.463 e. The van der Waals surface area contributed by atoms with Gasteiger partial charge < -0.3 is 9.64 Å². The van der Waals surface area contributed by atoms with Crippen LogP contribution in [0.2, 0.25) is 0 Å². The number of benzene rings is 2. The first-order valence-electron chi connectivity index (χ1n) is 10.9. The summed E-state index contributed by atoms with van der Waals surface area (Å²) in [5.41, 5.74) is -2.27. The first kappa shape index (κ1) is 26.3. The van der Waals surface area contributed by atoms with Crippen molar-refractivity contribution >= 4 is 11.9 Å². The van der Waals surface area contributed by atoms with E-state index in [2.05, 4.69) is 0 Å². The molecule has 1 aliphatic heterocycles. The molecule has 0 aromatic heterocycles. The van der Waals surface area contributed by atoms with Crippen LogP contribution < -0.4 is 0 Å². The highest BCUT2D eigenvalue weighted by molar-refractivity contribution is 5.95. The van der Waals surface area contributed by atoms with E-state index in [0.717, 1.165) is 5.56 Å². The van der Waals surface area contributed by atoms with Gasteiger partial charge in [-0.05, 0) is 49.9 Å². The minimum atomic E-state index is -5.06. The van der Waals surface area contributed by atoms with E-state index in [1.807, 2.05) is 0 Å². The van der Waals surface area contributed by atoms with Crippen molar-refractivity contribution in [1.82, 2.24) is 4.90 Å². The second kappa shape index (κ2) is 10.5. The first-order chi connectivity index (χ1) is 16.4. The van der Waals surface area contributed by atoms with E-state index < -0.39 is 47.0 Å². The van der Waals surface area contributed by atoms with Gasteiger partial charge in [0.25, 0.3) is 5.91 Å². The SMILES string of the molecule is CCOC(=O)C=C1CCN(C(=O)c2cc(C(F)(F)F)cc(C(F)(F)F)c2)C(Cc2ccccc2)C1. The number of piperidine rings is 1. The molecule has 1 fully saturated rings. The molecule has 0 bridgehead atoms. The number of esters is 1. The molecule has 1 heterocycles. The summed E-state index contributed by atoms with van der Waals surface area (Å²) in [5, 5.41) is 0. The van der Waals surface area contributed by atoms with Gasteiger partial charge in [-0.2, -0.15) is 26.3 Å².